The van der Waals surface area contributed by atoms with E-state index in [2.05, 4.69) is 28.5 Å². The highest BCUT2D eigenvalue weighted by Crippen LogP contribution is 2.26. The summed E-state index contributed by atoms with van der Waals surface area (Å²) in [7, 11) is 0. The Bertz CT molecular complexity index is 653. The van der Waals surface area contributed by atoms with E-state index in [1.54, 1.807) is 0 Å². The molecule has 0 radical (unpaired) electrons. The van der Waals surface area contributed by atoms with E-state index < -0.39 is 0 Å². The Morgan fingerprint density at radius 2 is 2.05 bits per heavy atom. The van der Waals surface area contributed by atoms with Gasteiger partial charge >= 0.3 is 0 Å². The summed E-state index contributed by atoms with van der Waals surface area (Å²) in [5.74, 6) is 0.849. The third kappa shape index (κ3) is 3.68. The van der Waals surface area contributed by atoms with Gasteiger partial charge in [-0.2, -0.15) is 0 Å². The molecule has 1 amide bonds. The first-order valence-electron chi connectivity index (χ1n) is 7.47. The Morgan fingerprint density at radius 1 is 1.32 bits per heavy atom. The monoisotopic (exact) mass is 318 g/mol. The SMILES string of the molecule is CCCNC(=O)C(C)Sc1nnc(C)n1-c1ccccc1C. The minimum atomic E-state index is -0.210. The van der Waals surface area contributed by atoms with Crippen LogP contribution in [0.2, 0.25) is 0 Å². The zero-order chi connectivity index (χ0) is 16.1. The fourth-order valence-electron chi connectivity index (χ4n) is 2.11. The van der Waals surface area contributed by atoms with Gasteiger partial charge in [0, 0.05) is 6.54 Å². The number of aromatic nitrogens is 3. The number of amides is 1. The Morgan fingerprint density at radius 3 is 2.73 bits per heavy atom. The summed E-state index contributed by atoms with van der Waals surface area (Å²) in [6.07, 6.45) is 0.932. The number of nitrogens with zero attached hydrogens (tertiary/aromatic N) is 3. The first kappa shape index (κ1) is 16.5. The average Bonchev–Trinajstić information content (AvgIpc) is 2.86. The molecule has 0 spiro atoms. The van der Waals surface area contributed by atoms with Crippen LogP contribution in [-0.2, 0) is 4.79 Å². The van der Waals surface area contributed by atoms with Crippen molar-refractivity contribution in [3.05, 3.63) is 35.7 Å². The van der Waals surface area contributed by atoms with Crippen LogP contribution in [-0.4, -0.2) is 32.5 Å². The molecule has 1 aromatic carbocycles. The zero-order valence-corrected chi connectivity index (χ0v) is 14.3. The number of carbonyl (C=O) groups is 1. The number of thioether (sulfide) groups is 1. The molecule has 5 nitrogen and oxygen atoms in total. The molecule has 1 aromatic heterocycles. The smallest absolute Gasteiger partial charge is 0.233 e. The number of nitrogens with one attached hydrogen (secondary N) is 1. The highest BCUT2D eigenvalue weighted by Gasteiger charge is 2.20. The minimum Gasteiger partial charge on any atom is -0.355 e. The van der Waals surface area contributed by atoms with Crippen molar-refractivity contribution in [2.45, 2.75) is 44.5 Å². The van der Waals surface area contributed by atoms with Crippen LogP contribution in [0.4, 0.5) is 0 Å². The third-order valence-electron chi connectivity index (χ3n) is 3.35. The Labute approximate surface area is 135 Å². The first-order chi connectivity index (χ1) is 10.5. The molecule has 0 aliphatic heterocycles. The van der Waals surface area contributed by atoms with Gasteiger partial charge < -0.3 is 5.32 Å². The summed E-state index contributed by atoms with van der Waals surface area (Å²) >= 11 is 1.43. The molecular formula is C16H22N4OS. The first-order valence-corrected chi connectivity index (χ1v) is 8.35. The molecule has 2 aromatic rings. The van der Waals surface area contributed by atoms with Gasteiger partial charge in [0.05, 0.1) is 10.9 Å². The van der Waals surface area contributed by atoms with E-state index in [0.29, 0.717) is 6.54 Å². The minimum absolute atomic E-state index is 0.0313. The topological polar surface area (TPSA) is 59.8 Å². The van der Waals surface area contributed by atoms with Crippen molar-refractivity contribution < 1.29 is 4.79 Å². The van der Waals surface area contributed by atoms with Gasteiger partial charge in [-0.25, -0.2) is 0 Å². The van der Waals surface area contributed by atoms with Crippen LogP contribution >= 0.6 is 11.8 Å². The fourth-order valence-corrected chi connectivity index (χ4v) is 3.04. The van der Waals surface area contributed by atoms with E-state index in [4.69, 9.17) is 0 Å². The van der Waals surface area contributed by atoms with Crippen molar-refractivity contribution in [3.63, 3.8) is 0 Å². The van der Waals surface area contributed by atoms with Crippen LogP contribution in [0.15, 0.2) is 29.4 Å². The third-order valence-corrected chi connectivity index (χ3v) is 4.39. The van der Waals surface area contributed by atoms with Gasteiger partial charge in [-0.3, -0.25) is 9.36 Å². The predicted molar refractivity (Wildman–Crippen MR) is 89.5 cm³/mol. The molecule has 0 fully saturated rings. The quantitative estimate of drug-likeness (QED) is 0.832. The second-order valence-electron chi connectivity index (χ2n) is 5.20. The second-order valence-corrected chi connectivity index (χ2v) is 6.51. The van der Waals surface area contributed by atoms with Crippen molar-refractivity contribution in [2.75, 3.05) is 6.54 Å². The molecule has 118 valence electrons. The molecule has 1 heterocycles. The molecule has 6 heteroatoms. The van der Waals surface area contributed by atoms with E-state index in [9.17, 15) is 4.79 Å². The molecule has 2 rings (SSSR count). The Hall–Kier alpha value is -1.82. The largest absolute Gasteiger partial charge is 0.355 e. The lowest BCUT2D eigenvalue weighted by molar-refractivity contribution is -0.120. The second kappa shape index (κ2) is 7.45. The Kier molecular flexibility index (Phi) is 5.60. The number of hydrogen-bond acceptors (Lipinski definition) is 4. The number of hydrogen-bond donors (Lipinski definition) is 1. The van der Waals surface area contributed by atoms with Crippen molar-refractivity contribution >= 4 is 17.7 Å². The van der Waals surface area contributed by atoms with Crippen LogP contribution in [0.25, 0.3) is 5.69 Å². The van der Waals surface area contributed by atoms with Crippen LogP contribution < -0.4 is 5.32 Å². The molecule has 1 N–H and O–H groups in total. The summed E-state index contributed by atoms with van der Waals surface area (Å²) in [4.78, 5) is 12.0. The van der Waals surface area contributed by atoms with E-state index in [0.717, 1.165) is 28.7 Å². The number of para-hydroxylation sites is 1. The lowest BCUT2D eigenvalue weighted by Gasteiger charge is -2.14. The van der Waals surface area contributed by atoms with E-state index >= 15 is 0 Å². The van der Waals surface area contributed by atoms with Crippen LogP contribution in [0.1, 0.15) is 31.7 Å². The molecule has 0 aliphatic carbocycles. The lowest BCUT2D eigenvalue weighted by atomic mass is 10.2. The molecule has 0 aliphatic rings. The standard InChI is InChI=1S/C16H22N4OS/c1-5-10-17-15(21)12(3)22-16-19-18-13(4)20(16)14-9-7-6-8-11(14)2/h6-9,12H,5,10H2,1-4H3,(H,17,21). The molecular weight excluding hydrogens is 296 g/mol. The van der Waals surface area contributed by atoms with Gasteiger partial charge in [0.15, 0.2) is 5.16 Å². The maximum Gasteiger partial charge on any atom is 0.233 e. The van der Waals surface area contributed by atoms with Crippen LogP contribution in [0.5, 0.6) is 0 Å². The predicted octanol–water partition coefficient (Wildman–Crippen LogP) is 2.89. The van der Waals surface area contributed by atoms with Crippen molar-refractivity contribution in [1.29, 1.82) is 0 Å². The Balaban J connectivity index is 2.23. The van der Waals surface area contributed by atoms with Gasteiger partial charge in [0.1, 0.15) is 5.82 Å². The molecule has 22 heavy (non-hydrogen) atoms. The van der Waals surface area contributed by atoms with Gasteiger partial charge in [0.2, 0.25) is 5.91 Å². The van der Waals surface area contributed by atoms with Gasteiger partial charge in [0.25, 0.3) is 0 Å². The summed E-state index contributed by atoms with van der Waals surface area (Å²) < 4.78 is 2.00. The number of aryl methyl sites for hydroxylation is 2. The molecule has 1 atom stereocenters. The highest BCUT2D eigenvalue weighted by molar-refractivity contribution is 8.00. The van der Waals surface area contributed by atoms with Gasteiger partial charge in [-0.15, -0.1) is 10.2 Å². The number of rotatable bonds is 6. The van der Waals surface area contributed by atoms with Crippen LogP contribution in [0.3, 0.4) is 0 Å². The van der Waals surface area contributed by atoms with Crippen molar-refractivity contribution in [3.8, 4) is 5.69 Å². The van der Waals surface area contributed by atoms with Crippen molar-refractivity contribution in [2.24, 2.45) is 0 Å². The summed E-state index contributed by atoms with van der Waals surface area (Å²) in [5, 5.41) is 11.8. The summed E-state index contributed by atoms with van der Waals surface area (Å²) in [6, 6.07) is 8.10. The van der Waals surface area contributed by atoms with E-state index in [1.807, 2.05) is 43.5 Å². The summed E-state index contributed by atoms with van der Waals surface area (Å²) in [5.41, 5.74) is 2.20. The molecule has 0 saturated heterocycles. The van der Waals surface area contributed by atoms with Crippen molar-refractivity contribution in [1.82, 2.24) is 20.1 Å². The highest BCUT2D eigenvalue weighted by atomic mass is 32.2. The van der Waals surface area contributed by atoms with Gasteiger partial charge in [-0.05, 0) is 38.8 Å². The summed E-state index contributed by atoms with van der Waals surface area (Å²) in [6.45, 7) is 8.61. The van der Waals surface area contributed by atoms with E-state index in [-0.39, 0.29) is 11.2 Å². The maximum absolute atomic E-state index is 12.0. The van der Waals surface area contributed by atoms with Gasteiger partial charge in [-0.1, -0.05) is 36.9 Å². The number of benzene rings is 1. The molecule has 0 saturated carbocycles. The lowest BCUT2D eigenvalue weighted by Crippen LogP contribution is -2.31. The zero-order valence-electron chi connectivity index (χ0n) is 13.5. The molecule has 0 bridgehead atoms. The normalized spacial score (nSPS) is 12.2. The van der Waals surface area contributed by atoms with Crippen LogP contribution in [0, 0.1) is 13.8 Å². The molecule has 1 unspecified atom stereocenters. The fraction of sp³-hybridized carbons (Fsp3) is 0.438. The number of carbonyl (C=O) groups excluding carboxylic acids is 1. The van der Waals surface area contributed by atoms with E-state index in [1.165, 1.54) is 11.8 Å². The maximum atomic E-state index is 12.0. The average molecular weight is 318 g/mol.